The molecule has 2 N–H and O–H groups in total. The molecule has 3 rings (SSSR count). The first-order valence-corrected chi connectivity index (χ1v) is 7.33. The summed E-state index contributed by atoms with van der Waals surface area (Å²) < 4.78 is 5.79. The molecule has 0 atom stereocenters. The molecule has 0 radical (unpaired) electrons. The average molecular weight is 260 g/mol. The van der Waals surface area contributed by atoms with Gasteiger partial charge in [0.25, 0.3) is 0 Å². The second-order valence-electron chi connectivity index (χ2n) is 6.01. The van der Waals surface area contributed by atoms with Gasteiger partial charge in [-0.25, -0.2) is 0 Å². The predicted molar refractivity (Wildman–Crippen MR) is 79.2 cm³/mol. The summed E-state index contributed by atoms with van der Waals surface area (Å²) >= 11 is 0. The summed E-state index contributed by atoms with van der Waals surface area (Å²) in [7, 11) is 3.95. The van der Waals surface area contributed by atoms with Crippen LogP contribution in [0.15, 0.2) is 12.1 Å². The summed E-state index contributed by atoms with van der Waals surface area (Å²) in [6, 6.07) is 4.52. The van der Waals surface area contributed by atoms with E-state index in [-0.39, 0.29) is 5.41 Å². The number of rotatable bonds is 3. The first kappa shape index (κ1) is 12.8. The van der Waals surface area contributed by atoms with Crippen molar-refractivity contribution < 1.29 is 4.74 Å². The van der Waals surface area contributed by atoms with Crippen LogP contribution in [0.25, 0.3) is 0 Å². The van der Waals surface area contributed by atoms with Gasteiger partial charge in [-0.05, 0) is 25.3 Å². The number of nitrogens with zero attached hydrogens (tertiary/aromatic N) is 1. The number of hydrogen-bond donors (Lipinski definition) is 1. The van der Waals surface area contributed by atoms with E-state index in [0.29, 0.717) is 0 Å². The largest absolute Gasteiger partial charge is 0.496 e. The Hall–Kier alpha value is -1.22. The number of benzene rings is 1. The Morgan fingerprint density at radius 1 is 1.32 bits per heavy atom. The molecule has 19 heavy (non-hydrogen) atoms. The fourth-order valence-electron chi connectivity index (χ4n) is 3.90. The van der Waals surface area contributed by atoms with Gasteiger partial charge in [-0.2, -0.15) is 0 Å². The topological polar surface area (TPSA) is 38.5 Å². The van der Waals surface area contributed by atoms with E-state index in [1.165, 1.54) is 42.5 Å². The van der Waals surface area contributed by atoms with Crippen LogP contribution in [0.3, 0.4) is 0 Å². The number of likely N-dealkylation sites (N-methyl/N-ethyl adjacent to an activating group) is 1. The number of anilines is 1. The van der Waals surface area contributed by atoms with Crippen molar-refractivity contribution in [1.29, 1.82) is 0 Å². The molecule has 3 heteroatoms. The quantitative estimate of drug-likeness (QED) is 0.907. The number of ether oxygens (including phenoxy) is 1. The molecule has 1 aromatic rings. The van der Waals surface area contributed by atoms with Gasteiger partial charge >= 0.3 is 0 Å². The van der Waals surface area contributed by atoms with E-state index in [0.717, 1.165) is 25.3 Å². The second-order valence-corrected chi connectivity index (χ2v) is 6.01. The van der Waals surface area contributed by atoms with Crippen molar-refractivity contribution in [3.05, 3.63) is 23.3 Å². The minimum absolute atomic E-state index is 0.154. The Balaban J connectivity index is 2.12. The highest BCUT2D eigenvalue weighted by atomic mass is 16.5. The fraction of sp³-hybridized carbons (Fsp3) is 0.625. The molecule has 0 aromatic heterocycles. The highest BCUT2D eigenvalue weighted by molar-refractivity contribution is 5.66. The van der Waals surface area contributed by atoms with Crippen LogP contribution in [0.1, 0.15) is 36.8 Å². The number of methoxy groups -OCH3 is 1. The number of nitrogens with two attached hydrogens (primary N) is 1. The average Bonchev–Trinajstić information content (AvgIpc) is 3.06. The van der Waals surface area contributed by atoms with Crippen molar-refractivity contribution in [3.63, 3.8) is 0 Å². The Morgan fingerprint density at radius 3 is 2.68 bits per heavy atom. The highest BCUT2D eigenvalue weighted by Crippen LogP contribution is 2.47. The van der Waals surface area contributed by atoms with E-state index in [1.807, 2.05) is 0 Å². The van der Waals surface area contributed by atoms with E-state index in [1.54, 1.807) is 7.11 Å². The molecule has 1 heterocycles. The summed E-state index contributed by atoms with van der Waals surface area (Å²) in [5.74, 6) is 1.11. The van der Waals surface area contributed by atoms with Gasteiger partial charge in [0.05, 0.1) is 7.11 Å². The van der Waals surface area contributed by atoms with E-state index in [4.69, 9.17) is 10.5 Å². The van der Waals surface area contributed by atoms with Gasteiger partial charge < -0.3 is 15.4 Å². The summed E-state index contributed by atoms with van der Waals surface area (Å²) in [5, 5.41) is 0. The first-order chi connectivity index (χ1) is 9.22. The molecule has 0 amide bonds. The number of fused-ring (bicyclic) bond motifs is 1. The third-order valence-electron chi connectivity index (χ3n) is 5.07. The van der Waals surface area contributed by atoms with Crippen LogP contribution in [-0.4, -0.2) is 27.2 Å². The van der Waals surface area contributed by atoms with Crippen molar-refractivity contribution in [2.24, 2.45) is 5.73 Å². The van der Waals surface area contributed by atoms with Gasteiger partial charge in [0, 0.05) is 42.4 Å². The third kappa shape index (κ3) is 1.83. The molecule has 1 aliphatic heterocycles. The smallest absolute Gasteiger partial charge is 0.127 e. The molecular weight excluding hydrogens is 236 g/mol. The molecule has 104 valence electrons. The van der Waals surface area contributed by atoms with Crippen LogP contribution < -0.4 is 15.4 Å². The highest BCUT2D eigenvalue weighted by Gasteiger charge is 2.38. The zero-order chi connectivity index (χ0) is 13.5. The zero-order valence-electron chi connectivity index (χ0n) is 12.0. The van der Waals surface area contributed by atoms with Crippen molar-refractivity contribution >= 4 is 5.69 Å². The summed E-state index contributed by atoms with van der Waals surface area (Å²) in [6.45, 7) is 1.82. The molecule has 1 fully saturated rings. The minimum Gasteiger partial charge on any atom is -0.496 e. The molecule has 0 bridgehead atoms. The van der Waals surface area contributed by atoms with Crippen LogP contribution in [0.2, 0.25) is 0 Å². The fourth-order valence-corrected chi connectivity index (χ4v) is 3.90. The molecule has 0 saturated heterocycles. The second kappa shape index (κ2) is 4.71. The lowest BCUT2D eigenvalue weighted by atomic mass is 9.77. The summed E-state index contributed by atoms with van der Waals surface area (Å²) in [5.41, 5.74) is 10.3. The molecule has 1 aromatic carbocycles. The monoisotopic (exact) mass is 260 g/mol. The molecule has 1 saturated carbocycles. The van der Waals surface area contributed by atoms with Crippen molar-refractivity contribution in [2.75, 3.05) is 32.1 Å². The third-order valence-corrected chi connectivity index (χ3v) is 5.07. The molecular formula is C16H24N2O. The lowest BCUT2D eigenvalue weighted by Crippen LogP contribution is -2.32. The van der Waals surface area contributed by atoms with Crippen molar-refractivity contribution in [1.82, 2.24) is 0 Å². The Morgan fingerprint density at radius 2 is 2.05 bits per heavy atom. The zero-order valence-corrected chi connectivity index (χ0v) is 12.0. The van der Waals surface area contributed by atoms with Gasteiger partial charge in [-0.3, -0.25) is 0 Å². The SMILES string of the molecule is COc1c(C2(CN)CCCC2)ccc2c1CCN2C. The van der Waals surface area contributed by atoms with Gasteiger partial charge in [0.2, 0.25) is 0 Å². The molecule has 1 aliphatic carbocycles. The van der Waals surface area contributed by atoms with E-state index >= 15 is 0 Å². The summed E-state index contributed by atoms with van der Waals surface area (Å²) in [4.78, 5) is 2.31. The first-order valence-electron chi connectivity index (χ1n) is 7.33. The van der Waals surface area contributed by atoms with Crippen LogP contribution in [0.4, 0.5) is 5.69 Å². The molecule has 0 spiro atoms. The van der Waals surface area contributed by atoms with Crippen molar-refractivity contribution in [3.8, 4) is 5.75 Å². The Bertz CT molecular complexity index is 478. The minimum atomic E-state index is 0.154. The Kier molecular flexibility index (Phi) is 3.17. The summed E-state index contributed by atoms with van der Waals surface area (Å²) in [6.07, 6.45) is 6.07. The van der Waals surface area contributed by atoms with Crippen LogP contribution >= 0.6 is 0 Å². The van der Waals surface area contributed by atoms with Gasteiger partial charge in [-0.1, -0.05) is 18.9 Å². The maximum absolute atomic E-state index is 6.13. The maximum atomic E-state index is 6.13. The van der Waals surface area contributed by atoms with Crippen LogP contribution in [-0.2, 0) is 11.8 Å². The van der Waals surface area contributed by atoms with Gasteiger partial charge in [0.15, 0.2) is 0 Å². The molecule has 2 aliphatic rings. The lowest BCUT2D eigenvalue weighted by Gasteiger charge is -2.30. The van der Waals surface area contributed by atoms with E-state index in [9.17, 15) is 0 Å². The van der Waals surface area contributed by atoms with Crippen LogP contribution in [0, 0.1) is 0 Å². The van der Waals surface area contributed by atoms with E-state index in [2.05, 4.69) is 24.1 Å². The maximum Gasteiger partial charge on any atom is 0.127 e. The van der Waals surface area contributed by atoms with Crippen LogP contribution in [0.5, 0.6) is 5.75 Å². The molecule has 0 unspecified atom stereocenters. The number of hydrogen-bond acceptors (Lipinski definition) is 3. The van der Waals surface area contributed by atoms with Gasteiger partial charge in [-0.15, -0.1) is 0 Å². The predicted octanol–water partition coefficient (Wildman–Crippen LogP) is 2.46. The lowest BCUT2D eigenvalue weighted by molar-refractivity contribution is 0.375. The Labute approximate surface area is 115 Å². The molecule has 3 nitrogen and oxygen atoms in total. The standard InChI is InChI=1S/C16H24N2O/c1-18-10-7-12-14(18)6-5-13(15(12)19-2)16(11-17)8-3-4-9-16/h5-6H,3-4,7-11,17H2,1-2H3. The van der Waals surface area contributed by atoms with Crippen molar-refractivity contribution in [2.45, 2.75) is 37.5 Å². The van der Waals surface area contributed by atoms with Gasteiger partial charge in [0.1, 0.15) is 5.75 Å². The van der Waals surface area contributed by atoms with E-state index < -0.39 is 0 Å². The normalized spacial score (nSPS) is 20.7.